The summed E-state index contributed by atoms with van der Waals surface area (Å²) in [6.45, 7) is -1.75. The van der Waals surface area contributed by atoms with Crippen LogP contribution in [0.15, 0.2) is 0 Å². The predicted octanol–water partition coefficient (Wildman–Crippen LogP) is -2.11. The molecule has 0 bridgehead atoms. The van der Waals surface area contributed by atoms with E-state index in [-0.39, 0.29) is 4.70 Å². The van der Waals surface area contributed by atoms with Crippen LogP contribution in [0.2, 0.25) is 0 Å². The van der Waals surface area contributed by atoms with Crippen LogP contribution in [0, 0.1) is 0 Å². The van der Waals surface area contributed by atoms with E-state index in [1.54, 1.807) is 0 Å². The van der Waals surface area contributed by atoms with Crippen LogP contribution >= 0.6 is 0 Å². The lowest BCUT2D eigenvalue weighted by atomic mass is 11.7. The van der Waals surface area contributed by atoms with E-state index in [0.717, 1.165) is 0 Å². The van der Waals surface area contributed by atoms with E-state index in [1.165, 1.54) is 0 Å². The van der Waals surface area contributed by atoms with Gasteiger partial charge in [0, 0.05) is 0 Å². The van der Waals surface area contributed by atoms with Crippen LogP contribution in [-0.2, 0) is 0 Å². The Kier molecular flexibility index (Phi) is 33.0. The molecule has 0 fully saturated rings. The van der Waals surface area contributed by atoms with Crippen molar-refractivity contribution in [3.8, 4) is 0 Å². The molecule has 0 radical (unpaired) electrons. The van der Waals surface area contributed by atoms with Gasteiger partial charge in [0.2, 0.25) is 6.93 Å². The summed E-state index contributed by atoms with van der Waals surface area (Å²) in [5.41, 5.74) is 0. The molecule has 3 heteroatoms. The third-order valence-corrected chi connectivity index (χ3v) is 0. The summed E-state index contributed by atoms with van der Waals surface area (Å²) in [6.07, 6.45) is 0. The molecule has 0 atom stereocenters. The second-order valence-corrected chi connectivity index (χ2v) is 0.101. The summed E-state index contributed by atoms with van der Waals surface area (Å²) in [6, 6.07) is 0. The minimum Gasteiger partial charge on any atom is -1.00 e. The molecule has 28 valence electrons. The topological polar surface area (TPSA) is 0 Å². The van der Waals surface area contributed by atoms with Crippen molar-refractivity contribution in [2.24, 2.45) is 0 Å². The second-order valence-electron chi connectivity index (χ2n) is 0.101. The van der Waals surface area contributed by atoms with Crippen LogP contribution in [0.5, 0.6) is 0 Å². The Labute approximate surface area is 21.8 Å². The van der Waals surface area contributed by atoms with Crippen molar-refractivity contribution in [3.63, 3.8) is 0 Å². The van der Waals surface area contributed by atoms with Gasteiger partial charge in [0.1, 0.15) is 0 Å². The van der Waals surface area contributed by atoms with E-state index in [1.807, 2.05) is 0 Å². The summed E-state index contributed by atoms with van der Waals surface area (Å²) in [5, 5.41) is 0. The summed E-state index contributed by atoms with van der Waals surface area (Å²) in [4.78, 5) is 0. The van der Waals surface area contributed by atoms with Gasteiger partial charge in [0.15, 0.2) is 0 Å². The van der Waals surface area contributed by atoms with Crippen molar-refractivity contribution in [1.82, 2.24) is 0 Å². The van der Waals surface area contributed by atoms with E-state index < -0.39 is 6.93 Å². The van der Waals surface area contributed by atoms with Crippen LogP contribution in [0.3, 0.4) is 0 Å². The zero-order valence-corrected chi connectivity index (χ0v) is 1.84. The molecule has 0 saturated heterocycles. The maximum absolute atomic E-state index is 9.62. The first-order chi connectivity index (χ1) is 1.41. The molecular weight excluding hydrogens is 69.0 g/mol. The first-order valence-electron chi connectivity index (χ1n) is 0.535. The molecule has 0 aliphatic rings. The number of alkyl halides is 2. The largest absolute Gasteiger partial charge is 1.00 e. The molecule has 0 heterocycles. The predicted molar refractivity (Wildman–Crippen MR) is 7.08 cm³/mol. The lowest BCUT2D eigenvalue weighted by molar-refractivity contribution is -0.00000248. The van der Waals surface area contributed by atoms with Crippen molar-refractivity contribution < 1.29 is 13.5 Å². The zero-order chi connectivity index (χ0) is 2.71. The monoisotopic (exact) mass is 71.0 g/mol. The lowest BCUT2D eigenvalue weighted by Gasteiger charge is -1.42. The minimum absolute atomic E-state index is 0. The van der Waals surface area contributed by atoms with Gasteiger partial charge in [0.25, 0.3) is 0 Å². The Balaban J connectivity index is 0. The normalized spacial score (nSPS) is 4.50. The molecule has 4 heavy (non-hydrogen) atoms. The Morgan fingerprint density at radius 1 is 1.25 bits per heavy atom. The first-order valence-corrected chi connectivity index (χ1v) is 0.535. The van der Waals surface area contributed by atoms with E-state index in [0.29, 0.717) is 0 Å². The summed E-state index contributed by atoms with van der Waals surface area (Å²) >= 11 is 0. The molecule has 0 aliphatic heterocycles. The number of halogens is 3. The summed E-state index contributed by atoms with van der Waals surface area (Å²) in [5.74, 6) is 0. The zero-order valence-electron chi connectivity index (χ0n) is 1.84. The van der Waals surface area contributed by atoms with Gasteiger partial charge in [-0.1, -0.05) is 0 Å². The number of rotatable bonds is 0. The molecule has 0 nitrogen and oxygen atoms in total. The van der Waals surface area contributed by atoms with E-state index in [2.05, 4.69) is 0 Å². The van der Waals surface area contributed by atoms with Crippen LogP contribution in [0.1, 0.15) is 0 Å². The molecule has 0 aromatic carbocycles. The molecule has 0 N–H and O–H groups in total. The summed E-state index contributed by atoms with van der Waals surface area (Å²) < 4.78 is 19.2. The molecular formula is CH2F3-. The van der Waals surface area contributed by atoms with Gasteiger partial charge < -0.3 is 4.70 Å². The smallest absolute Gasteiger partial charge is 0.229 e. The maximum Gasteiger partial charge on any atom is 0.229 e. The van der Waals surface area contributed by atoms with Crippen LogP contribution in [0.25, 0.3) is 0 Å². The quantitative estimate of drug-likeness (QED) is 0.306. The Bertz CT molecular complexity index is 3.25. The van der Waals surface area contributed by atoms with E-state index in [9.17, 15) is 8.78 Å². The minimum atomic E-state index is -1.75. The molecule has 0 saturated carbocycles. The molecule has 0 spiro atoms. The van der Waals surface area contributed by atoms with Gasteiger partial charge in [0.05, 0.1) is 0 Å². The van der Waals surface area contributed by atoms with Crippen molar-refractivity contribution in [1.29, 1.82) is 0 Å². The lowest BCUT2D eigenvalue weighted by Crippen LogP contribution is -3.00. The van der Waals surface area contributed by atoms with Crippen molar-refractivity contribution in [2.45, 2.75) is 0 Å². The molecule has 0 rings (SSSR count). The molecule has 0 aliphatic carbocycles. The highest BCUT2D eigenvalue weighted by Crippen LogP contribution is 1.56. The maximum atomic E-state index is 9.62. The number of hydrogen-bond donors (Lipinski definition) is 0. The van der Waals surface area contributed by atoms with Gasteiger partial charge >= 0.3 is 0 Å². The van der Waals surface area contributed by atoms with Crippen LogP contribution < -0.4 is 4.70 Å². The van der Waals surface area contributed by atoms with Gasteiger partial charge in [-0.2, -0.15) is 0 Å². The average molecular weight is 71.0 g/mol. The van der Waals surface area contributed by atoms with Crippen molar-refractivity contribution >= 4 is 0 Å². The Hall–Kier alpha value is -0.210. The third kappa shape index (κ3) is 25.3. The number of hydrogen-bond acceptors (Lipinski definition) is 0. The molecule has 0 unspecified atom stereocenters. The van der Waals surface area contributed by atoms with Crippen molar-refractivity contribution in [3.05, 3.63) is 0 Å². The first kappa shape index (κ1) is 9.21. The third-order valence-electron chi connectivity index (χ3n) is 0. The highest BCUT2D eigenvalue weighted by Gasteiger charge is 1.44. The highest BCUT2D eigenvalue weighted by molar-refractivity contribution is 3.57. The van der Waals surface area contributed by atoms with Crippen molar-refractivity contribution in [2.75, 3.05) is 6.93 Å². The SMILES string of the molecule is FCF.[F-]. The fourth-order valence-corrected chi connectivity index (χ4v) is 0. The van der Waals surface area contributed by atoms with Gasteiger partial charge in [-0.25, -0.2) is 8.78 Å². The van der Waals surface area contributed by atoms with E-state index in [4.69, 9.17) is 0 Å². The second kappa shape index (κ2) is 14.3. The summed E-state index contributed by atoms with van der Waals surface area (Å²) in [7, 11) is 0. The molecule has 0 aromatic heterocycles. The fourth-order valence-electron chi connectivity index (χ4n) is 0. The van der Waals surface area contributed by atoms with Gasteiger partial charge in [-0.05, 0) is 0 Å². The average Bonchev–Trinajstić information content (AvgIpc) is 0.918. The fraction of sp³-hybridized carbons (Fsp3) is 1.00. The Morgan fingerprint density at radius 2 is 1.25 bits per heavy atom. The van der Waals surface area contributed by atoms with Gasteiger partial charge in [-0.15, -0.1) is 0 Å². The Morgan fingerprint density at radius 3 is 1.25 bits per heavy atom. The highest BCUT2D eigenvalue weighted by atomic mass is 19.3. The van der Waals surface area contributed by atoms with E-state index >= 15 is 0 Å². The molecule has 0 aromatic rings. The van der Waals surface area contributed by atoms with Crippen LogP contribution in [0.4, 0.5) is 8.78 Å². The van der Waals surface area contributed by atoms with Gasteiger partial charge in [-0.3, -0.25) is 0 Å². The standard InChI is InChI=1S/CH2F2.FH/c2-1-3;/h1H2;1H/p-1. The van der Waals surface area contributed by atoms with Crippen LogP contribution in [-0.4, -0.2) is 6.93 Å². The molecule has 0 amide bonds.